The number of carbonyl (C=O) groups is 3. The maximum absolute atomic E-state index is 12.9. The lowest BCUT2D eigenvalue weighted by Gasteiger charge is -2.29. The molecule has 0 saturated carbocycles. The summed E-state index contributed by atoms with van der Waals surface area (Å²) < 4.78 is 0. The summed E-state index contributed by atoms with van der Waals surface area (Å²) in [6, 6.07) is 16.7. The van der Waals surface area contributed by atoms with Crippen LogP contribution in [0.3, 0.4) is 0 Å². The topological polar surface area (TPSA) is 51.2 Å². The summed E-state index contributed by atoms with van der Waals surface area (Å²) >= 11 is 1.31. The molecule has 2 aromatic carbocycles. The van der Waals surface area contributed by atoms with Crippen LogP contribution < -0.4 is 0 Å². The first kappa shape index (κ1) is 17.4. The molecule has 1 unspecified atom stereocenters. The molecular weight excluding hydrogens is 332 g/mol. The summed E-state index contributed by atoms with van der Waals surface area (Å²) in [4.78, 5) is 37.6. The van der Waals surface area contributed by atoms with E-state index in [0.29, 0.717) is 10.5 Å². The van der Waals surface area contributed by atoms with Gasteiger partial charge >= 0.3 is 0 Å². The van der Waals surface area contributed by atoms with Crippen LogP contribution in [-0.2, 0) is 9.59 Å². The van der Waals surface area contributed by atoms with Crippen LogP contribution in [0, 0.1) is 5.92 Å². The highest BCUT2D eigenvalue weighted by Crippen LogP contribution is 2.47. The Morgan fingerprint density at radius 1 is 0.880 bits per heavy atom. The van der Waals surface area contributed by atoms with E-state index >= 15 is 0 Å². The van der Waals surface area contributed by atoms with Gasteiger partial charge in [0.25, 0.3) is 0 Å². The molecule has 0 N–H and O–H groups in total. The van der Waals surface area contributed by atoms with E-state index in [-0.39, 0.29) is 22.6 Å². The highest BCUT2D eigenvalue weighted by atomic mass is 32.2. The van der Waals surface area contributed by atoms with Crippen LogP contribution in [0.4, 0.5) is 0 Å². The molecule has 126 valence electrons. The molecule has 0 fully saturated rings. The largest absolute Gasteiger partial charge is 0.299 e. The minimum Gasteiger partial charge on any atom is -0.299 e. The Labute approximate surface area is 151 Å². The predicted molar refractivity (Wildman–Crippen MR) is 100 cm³/mol. The van der Waals surface area contributed by atoms with Crippen molar-refractivity contribution in [2.24, 2.45) is 5.92 Å². The summed E-state index contributed by atoms with van der Waals surface area (Å²) in [5.41, 5.74) is 2.41. The monoisotopic (exact) mass is 350 g/mol. The summed E-state index contributed by atoms with van der Waals surface area (Å²) in [7, 11) is 0. The lowest BCUT2D eigenvalue weighted by Crippen LogP contribution is -2.27. The molecule has 0 amide bonds. The average Bonchev–Trinajstić information content (AvgIpc) is 2.61. The van der Waals surface area contributed by atoms with E-state index in [1.165, 1.54) is 25.6 Å². The zero-order valence-corrected chi connectivity index (χ0v) is 14.9. The molecule has 0 saturated heterocycles. The quantitative estimate of drug-likeness (QED) is 0.589. The van der Waals surface area contributed by atoms with Crippen LogP contribution in [0.15, 0.2) is 59.5 Å². The summed E-state index contributed by atoms with van der Waals surface area (Å²) in [5.74, 6) is -1.18. The van der Waals surface area contributed by atoms with Gasteiger partial charge in [0.05, 0.1) is 16.1 Å². The van der Waals surface area contributed by atoms with Crippen molar-refractivity contribution in [2.45, 2.75) is 19.1 Å². The third kappa shape index (κ3) is 3.49. The van der Waals surface area contributed by atoms with Crippen LogP contribution in [0.5, 0.6) is 0 Å². The molecule has 0 aliphatic carbocycles. The Morgan fingerprint density at radius 3 is 2.12 bits per heavy atom. The molecule has 1 aliphatic heterocycles. The Bertz CT molecular complexity index is 854. The standard InChI is InChI=1S/C21H18O3S/c1-13(22)19(14(2)23)21-17-11-7-6-10-16(17)12-18(25-21)20(24)15-8-4-3-5-9-15/h3-12,19,21H,1-2H3. The summed E-state index contributed by atoms with van der Waals surface area (Å²) in [5, 5.41) is -0.376. The average molecular weight is 350 g/mol. The van der Waals surface area contributed by atoms with Gasteiger partial charge in [0.1, 0.15) is 11.6 Å². The van der Waals surface area contributed by atoms with Crippen molar-refractivity contribution in [3.63, 3.8) is 0 Å². The predicted octanol–water partition coefficient (Wildman–Crippen LogP) is 4.49. The minimum absolute atomic E-state index is 0.0871. The van der Waals surface area contributed by atoms with Crippen molar-refractivity contribution in [3.05, 3.63) is 76.2 Å². The number of hydrogen-bond donors (Lipinski definition) is 0. The molecular formula is C21H18O3S. The van der Waals surface area contributed by atoms with E-state index in [0.717, 1.165) is 11.1 Å². The number of fused-ring (bicyclic) bond motifs is 1. The molecule has 1 atom stereocenters. The van der Waals surface area contributed by atoms with Gasteiger partial charge in [-0.05, 0) is 31.1 Å². The number of ketones is 3. The normalized spacial score (nSPS) is 16.1. The lowest BCUT2D eigenvalue weighted by molar-refractivity contribution is -0.130. The minimum atomic E-state index is -0.751. The van der Waals surface area contributed by atoms with Gasteiger partial charge in [0.15, 0.2) is 5.78 Å². The van der Waals surface area contributed by atoms with E-state index in [2.05, 4.69) is 0 Å². The van der Waals surface area contributed by atoms with Crippen LogP contribution in [-0.4, -0.2) is 17.3 Å². The third-order valence-electron chi connectivity index (χ3n) is 4.28. The zero-order chi connectivity index (χ0) is 18.0. The first-order valence-corrected chi connectivity index (χ1v) is 8.95. The third-order valence-corrected chi connectivity index (χ3v) is 5.62. The molecule has 2 aromatic rings. The summed E-state index contributed by atoms with van der Waals surface area (Å²) in [6.45, 7) is 2.87. The maximum Gasteiger partial charge on any atom is 0.199 e. The first-order chi connectivity index (χ1) is 12.0. The fourth-order valence-corrected chi connectivity index (χ4v) is 4.64. The number of allylic oxidation sites excluding steroid dienone is 1. The fourth-order valence-electron chi connectivity index (χ4n) is 3.09. The van der Waals surface area contributed by atoms with Crippen LogP contribution >= 0.6 is 11.8 Å². The van der Waals surface area contributed by atoms with E-state index < -0.39 is 5.92 Å². The SMILES string of the molecule is CC(=O)C(C(C)=O)C1SC(C(=O)c2ccccc2)=Cc2ccccc21. The van der Waals surface area contributed by atoms with Crippen LogP contribution in [0.25, 0.3) is 6.08 Å². The fraction of sp³-hybridized carbons (Fsp3) is 0.190. The van der Waals surface area contributed by atoms with Gasteiger partial charge < -0.3 is 0 Å². The molecule has 3 nitrogen and oxygen atoms in total. The van der Waals surface area contributed by atoms with Gasteiger partial charge in [0, 0.05) is 5.56 Å². The van der Waals surface area contributed by atoms with Gasteiger partial charge in [-0.15, -0.1) is 11.8 Å². The zero-order valence-electron chi connectivity index (χ0n) is 14.1. The van der Waals surface area contributed by atoms with Crippen molar-refractivity contribution in [3.8, 4) is 0 Å². The molecule has 0 spiro atoms. The molecule has 3 rings (SSSR count). The van der Waals surface area contributed by atoms with Gasteiger partial charge in [-0.2, -0.15) is 0 Å². The number of carbonyl (C=O) groups excluding carboxylic acids is 3. The van der Waals surface area contributed by atoms with E-state index in [9.17, 15) is 14.4 Å². The first-order valence-electron chi connectivity index (χ1n) is 8.07. The second kappa shape index (κ2) is 7.19. The maximum atomic E-state index is 12.9. The molecule has 0 bridgehead atoms. The summed E-state index contributed by atoms with van der Waals surface area (Å²) in [6.07, 6.45) is 1.85. The highest BCUT2D eigenvalue weighted by Gasteiger charge is 2.36. The smallest absolute Gasteiger partial charge is 0.199 e. The van der Waals surface area contributed by atoms with E-state index in [1.807, 2.05) is 48.5 Å². The number of rotatable bonds is 5. The molecule has 0 aromatic heterocycles. The Morgan fingerprint density at radius 2 is 1.48 bits per heavy atom. The molecule has 1 aliphatic rings. The number of Topliss-reactive ketones (excluding diaryl/α,β-unsaturated/α-hetero) is 3. The van der Waals surface area contributed by atoms with Crippen LogP contribution in [0.2, 0.25) is 0 Å². The second-order valence-electron chi connectivity index (χ2n) is 6.07. The number of benzene rings is 2. The Balaban J connectivity index is 2.06. The van der Waals surface area contributed by atoms with Gasteiger partial charge in [-0.25, -0.2) is 0 Å². The Hall–Kier alpha value is -2.46. The van der Waals surface area contributed by atoms with Crippen molar-refractivity contribution in [2.75, 3.05) is 0 Å². The van der Waals surface area contributed by atoms with Crippen molar-refractivity contribution in [1.82, 2.24) is 0 Å². The number of hydrogen-bond acceptors (Lipinski definition) is 4. The van der Waals surface area contributed by atoms with Crippen LogP contribution in [0.1, 0.15) is 40.6 Å². The van der Waals surface area contributed by atoms with Gasteiger partial charge in [0.2, 0.25) is 0 Å². The molecule has 25 heavy (non-hydrogen) atoms. The number of thioether (sulfide) groups is 1. The molecule has 4 heteroatoms. The van der Waals surface area contributed by atoms with Crippen molar-refractivity contribution >= 4 is 35.2 Å². The second-order valence-corrected chi connectivity index (χ2v) is 7.25. The van der Waals surface area contributed by atoms with Crippen molar-refractivity contribution in [1.29, 1.82) is 0 Å². The van der Waals surface area contributed by atoms with E-state index in [1.54, 1.807) is 12.1 Å². The molecule has 0 radical (unpaired) electrons. The van der Waals surface area contributed by atoms with Gasteiger partial charge in [-0.3, -0.25) is 14.4 Å². The van der Waals surface area contributed by atoms with E-state index in [4.69, 9.17) is 0 Å². The highest BCUT2D eigenvalue weighted by molar-refractivity contribution is 8.04. The van der Waals surface area contributed by atoms with Gasteiger partial charge in [-0.1, -0.05) is 54.6 Å². The lowest BCUT2D eigenvalue weighted by atomic mass is 9.89. The molecule has 1 heterocycles. The Kier molecular flexibility index (Phi) is 5.00. The van der Waals surface area contributed by atoms with Crippen molar-refractivity contribution < 1.29 is 14.4 Å².